The quantitative estimate of drug-likeness (QED) is 0.369. The number of benzene rings is 3. The van der Waals surface area contributed by atoms with Gasteiger partial charge in [-0.25, -0.2) is 4.79 Å². The van der Waals surface area contributed by atoms with E-state index in [4.69, 9.17) is 17.3 Å². The van der Waals surface area contributed by atoms with Gasteiger partial charge in [0.1, 0.15) is 0 Å². The van der Waals surface area contributed by atoms with Gasteiger partial charge in [0.05, 0.1) is 11.4 Å². The Balaban J connectivity index is 1.50. The van der Waals surface area contributed by atoms with Gasteiger partial charge in [0.15, 0.2) is 0 Å². The number of carbonyl (C=O) groups is 3. The third-order valence-electron chi connectivity index (χ3n) is 6.51. The summed E-state index contributed by atoms with van der Waals surface area (Å²) in [6.07, 6.45) is 2.42. The maximum absolute atomic E-state index is 13.1. The second kappa shape index (κ2) is 13.0. The predicted octanol–water partition coefficient (Wildman–Crippen LogP) is 4.55. The van der Waals surface area contributed by atoms with Gasteiger partial charge in [-0.3, -0.25) is 9.59 Å². The number of nitrogens with two attached hydrogens (primary N) is 1. The molecule has 1 saturated heterocycles. The van der Waals surface area contributed by atoms with E-state index in [1.165, 1.54) is 5.56 Å². The van der Waals surface area contributed by atoms with Crippen molar-refractivity contribution in [2.24, 2.45) is 5.73 Å². The van der Waals surface area contributed by atoms with Crippen LogP contribution in [0.3, 0.4) is 0 Å². The van der Waals surface area contributed by atoms with Gasteiger partial charge < -0.3 is 26.2 Å². The van der Waals surface area contributed by atoms with Gasteiger partial charge in [0.25, 0.3) is 11.8 Å². The monoisotopic (exact) mass is 533 g/mol. The van der Waals surface area contributed by atoms with E-state index in [-0.39, 0.29) is 11.8 Å². The Morgan fingerprint density at radius 3 is 2.39 bits per heavy atom. The zero-order valence-electron chi connectivity index (χ0n) is 21.2. The van der Waals surface area contributed by atoms with Crippen LogP contribution in [0.25, 0.3) is 0 Å². The Morgan fingerprint density at radius 1 is 0.842 bits per heavy atom. The molecule has 0 atom stereocenters. The lowest BCUT2D eigenvalue weighted by molar-refractivity contribution is 0.0951. The molecule has 0 aromatic heterocycles. The number of aryl methyl sites for hydroxylation is 1. The fourth-order valence-corrected chi connectivity index (χ4v) is 4.69. The summed E-state index contributed by atoms with van der Waals surface area (Å²) in [4.78, 5) is 41.4. The van der Waals surface area contributed by atoms with E-state index in [0.717, 1.165) is 24.9 Å². The number of amides is 4. The Hall–Kier alpha value is -4.04. The molecule has 9 heteroatoms. The molecule has 0 saturated carbocycles. The number of carbonyl (C=O) groups excluding carboxylic acids is 3. The maximum atomic E-state index is 13.1. The molecule has 0 bridgehead atoms. The van der Waals surface area contributed by atoms with Crippen LogP contribution in [0.4, 0.5) is 16.2 Å². The normalized spacial score (nSPS) is 13.5. The number of halogens is 1. The number of nitrogens with one attached hydrogen (secondary N) is 2. The number of nitrogens with zero attached hydrogens (tertiary/aromatic N) is 2. The summed E-state index contributed by atoms with van der Waals surface area (Å²) in [5.74, 6) is -0.540. The summed E-state index contributed by atoms with van der Waals surface area (Å²) in [7, 11) is 0. The minimum absolute atomic E-state index is 0.210. The first-order valence-corrected chi connectivity index (χ1v) is 13.1. The number of hydrogen-bond donors (Lipinski definition) is 3. The second-order valence-corrected chi connectivity index (χ2v) is 9.64. The molecule has 0 spiro atoms. The first-order chi connectivity index (χ1) is 18.4. The first-order valence-electron chi connectivity index (χ1n) is 12.7. The maximum Gasteiger partial charge on any atom is 0.314 e. The molecule has 8 nitrogen and oxygen atoms in total. The fraction of sp³-hybridized carbons (Fsp3) is 0.276. The minimum Gasteiger partial charge on any atom is -0.368 e. The fourth-order valence-electron chi connectivity index (χ4n) is 4.50. The van der Waals surface area contributed by atoms with Crippen LogP contribution in [0, 0.1) is 0 Å². The SMILES string of the molecule is NC(=O)N1CCCN(c2ccc(C(=O)NCCCc3ccccc3)cc2NC(=O)c2cccc(Cl)c2)CC1. The highest BCUT2D eigenvalue weighted by Gasteiger charge is 2.21. The lowest BCUT2D eigenvalue weighted by Gasteiger charge is -2.26. The van der Waals surface area contributed by atoms with E-state index in [1.54, 1.807) is 41.3 Å². The minimum atomic E-state index is -0.444. The molecule has 3 aromatic rings. The van der Waals surface area contributed by atoms with Gasteiger partial charge in [-0.05, 0) is 61.2 Å². The summed E-state index contributed by atoms with van der Waals surface area (Å²) in [5.41, 5.74) is 8.86. The smallest absolute Gasteiger partial charge is 0.314 e. The molecule has 0 unspecified atom stereocenters. The van der Waals surface area contributed by atoms with Crippen LogP contribution in [0.2, 0.25) is 5.02 Å². The van der Waals surface area contributed by atoms with Crippen LogP contribution >= 0.6 is 11.6 Å². The summed E-state index contributed by atoms with van der Waals surface area (Å²) in [5, 5.41) is 6.40. The molecule has 3 aromatic carbocycles. The van der Waals surface area contributed by atoms with Crippen molar-refractivity contribution >= 4 is 40.8 Å². The molecule has 38 heavy (non-hydrogen) atoms. The summed E-state index contributed by atoms with van der Waals surface area (Å²) in [6.45, 7) is 2.80. The van der Waals surface area contributed by atoms with E-state index >= 15 is 0 Å². The highest BCUT2D eigenvalue weighted by atomic mass is 35.5. The van der Waals surface area contributed by atoms with E-state index in [2.05, 4.69) is 27.7 Å². The number of anilines is 2. The molecule has 198 valence electrons. The molecule has 1 fully saturated rings. The van der Waals surface area contributed by atoms with Crippen molar-refractivity contribution in [2.45, 2.75) is 19.3 Å². The average Bonchev–Trinajstić information content (AvgIpc) is 3.18. The van der Waals surface area contributed by atoms with Crippen molar-refractivity contribution in [3.05, 3.63) is 94.5 Å². The molecule has 0 aliphatic carbocycles. The number of urea groups is 1. The number of primary amides is 1. The average molecular weight is 534 g/mol. The predicted molar refractivity (Wildman–Crippen MR) is 151 cm³/mol. The molecule has 1 aliphatic rings. The van der Waals surface area contributed by atoms with Crippen LogP contribution in [0.5, 0.6) is 0 Å². The zero-order chi connectivity index (χ0) is 26.9. The Morgan fingerprint density at radius 2 is 1.63 bits per heavy atom. The summed E-state index contributed by atoms with van der Waals surface area (Å²) < 4.78 is 0. The number of hydrogen-bond acceptors (Lipinski definition) is 4. The molecule has 4 rings (SSSR count). The zero-order valence-corrected chi connectivity index (χ0v) is 21.9. The highest BCUT2D eigenvalue weighted by molar-refractivity contribution is 6.31. The Kier molecular flexibility index (Phi) is 9.21. The third-order valence-corrected chi connectivity index (χ3v) is 6.75. The van der Waals surface area contributed by atoms with Crippen LogP contribution in [-0.4, -0.2) is 55.5 Å². The van der Waals surface area contributed by atoms with Gasteiger partial charge in [-0.2, -0.15) is 0 Å². The topological polar surface area (TPSA) is 108 Å². The molecular formula is C29H32ClN5O3. The molecular weight excluding hydrogens is 502 g/mol. The molecule has 1 heterocycles. The standard InChI is InChI=1S/C29H32ClN5O3/c30-24-11-4-10-22(19-24)28(37)33-25-20-23(27(36)32-14-5-9-21-7-2-1-3-8-21)12-13-26(25)34-15-6-16-35(18-17-34)29(31)38/h1-4,7-8,10-13,19-20H,5-6,9,14-18H2,(H2,31,38)(H,32,36)(H,33,37). The van der Waals surface area contributed by atoms with Crippen LogP contribution in [-0.2, 0) is 6.42 Å². The molecule has 1 aliphatic heterocycles. The molecule has 0 radical (unpaired) electrons. The van der Waals surface area contributed by atoms with Crippen molar-refractivity contribution < 1.29 is 14.4 Å². The van der Waals surface area contributed by atoms with Gasteiger partial charge in [0.2, 0.25) is 0 Å². The van der Waals surface area contributed by atoms with E-state index in [1.807, 2.05) is 24.3 Å². The van der Waals surface area contributed by atoms with Crippen molar-refractivity contribution in [3.8, 4) is 0 Å². The van der Waals surface area contributed by atoms with Crippen molar-refractivity contribution in [1.29, 1.82) is 0 Å². The summed E-state index contributed by atoms with van der Waals surface area (Å²) >= 11 is 6.09. The van der Waals surface area contributed by atoms with Crippen molar-refractivity contribution in [2.75, 3.05) is 42.9 Å². The van der Waals surface area contributed by atoms with Gasteiger partial charge in [-0.15, -0.1) is 0 Å². The van der Waals surface area contributed by atoms with Crippen LogP contribution in [0.1, 0.15) is 39.1 Å². The van der Waals surface area contributed by atoms with E-state index < -0.39 is 6.03 Å². The summed E-state index contributed by atoms with van der Waals surface area (Å²) in [6, 6.07) is 21.7. The van der Waals surface area contributed by atoms with Gasteiger partial charge >= 0.3 is 6.03 Å². The van der Waals surface area contributed by atoms with Crippen molar-refractivity contribution in [1.82, 2.24) is 10.2 Å². The van der Waals surface area contributed by atoms with Gasteiger partial charge in [0, 0.05) is 48.9 Å². The number of rotatable bonds is 8. The highest BCUT2D eigenvalue weighted by Crippen LogP contribution is 2.29. The lowest BCUT2D eigenvalue weighted by Crippen LogP contribution is -2.38. The lowest BCUT2D eigenvalue weighted by atomic mass is 10.1. The molecule has 4 N–H and O–H groups in total. The third kappa shape index (κ3) is 7.26. The van der Waals surface area contributed by atoms with E-state index in [9.17, 15) is 14.4 Å². The molecule has 4 amide bonds. The van der Waals surface area contributed by atoms with E-state index in [0.29, 0.717) is 54.6 Å². The Labute approximate surface area is 227 Å². The Bertz CT molecular complexity index is 1280. The first kappa shape index (κ1) is 27.0. The second-order valence-electron chi connectivity index (χ2n) is 9.21. The largest absolute Gasteiger partial charge is 0.368 e. The van der Waals surface area contributed by atoms with Crippen molar-refractivity contribution in [3.63, 3.8) is 0 Å². The van der Waals surface area contributed by atoms with Crippen LogP contribution in [0.15, 0.2) is 72.8 Å². The van der Waals surface area contributed by atoms with Crippen LogP contribution < -0.4 is 21.3 Å². The van der Waals surface area contributed by atoms with Gasteiger partial charge in [-0.1, -0.05) is 48.0 Å².